The van der Waals surface area contributed by atoms with Gasteiger partial charge in [-0.25, -0.2) is 4.79 Å². The molecule has 5 N–H and O–H groups in total. The lowest BCUT2D eigenvalue weighted by Crippen LogP contribution is -2.43. The number of urea groups is 1. The number of primary amides is 1. The molecule has 3 amide bonds. The first kappa shape index (κ1) is 15.2. The van der Waals surface area contributed by atoms with Crippen molar-refractivity contribution in [3.05, 3.63) is 0 Å². The van der Waals surface area contributed by atoms with E-state index in [1.165, 1.54) is 0 Å². The molecule has 0 rings (SSSR count). The van der Waals surface area contributed by atoms with E-state index in [2.05, 4.69) is 10.6 Å². The van der Waals surface area contributed by atoms with E-state index in [0.717, 1.165) is 6.42 Å². The van der Waals surface area contributed by atoms with E-state index in [4.69, 9.17) is 10.8 Å². The third-order valence-corrected chi connectivity index (χ3v) is 2.05. The van der Waals surface area contributed by atoms with Crippen LogP contribution < -0.4 is 16.4 Å². The molecule has 1 atom stereocenters. The fourth-order valence-corrected chi connectivity index (χ4v) is 1.32. The number of aliphatic carboxylic acids is 1. The molecule has 0 aromatic carbocycles. The van der Waals surface area contributed by atoms with E-state index < -0.39 is 23.9 Å². The van der Waals surface area contributed by atoms with Crippen LogP contribution in [0.15, 0.2) is 0 Å². The first-order valence-electron chi connectivity index (χ1n) is 5.50. The number of rotatable bonds is 8. The van der Waals surface area contributed by atoms with Crippen molar-refractivity contribution in [2.75, 3.05) is 6.54 Å². The molecule has 0 saturated heterocycles. The Bertz CT molecular complexity index is 281. The average Bonchev–Trinajstić information content (AvgIpc) is 2.15. The monoisotopic (exact) mass is 245 g/mol. The fraction of sp³-hybridized carbons (Fsp3) is 0.700. The second-order valence-electron chi connectivity index (χ2n) is 3.70. The van der Waals surface area contributed by atoms with Gasteiger partial charge in [0.25, 0.3) is 0 Å². The van der Waals surface area contributed by atoms with Gasteiger partial charge in [0.05, 0.1) is 6.42 Å². The Morgan fingerprint density at radius 1 is 1.35 bits per heavy atom. The normalized spacial score (nSPS) is 11.6. The number of carboxylic acids is 1. The van der Waals surface area contributed by atoms with Crippen LogP contribution in [0, 0.1) is 0 Å². The SMILES string of the molecule is CCCC(CC(=O)O)NC(=O)NCCC(N)=O. The summed E-state index contributed by atoms with van der Waals surface area (Å²) >= 11 is 0. The van der Waals surface area contributed by atoms with Crippen LogP contribution in [0.1, 0.15) is 32.6 Å². The summed E-state index contributed by atoms with van der Waals surface area (Å²) in [5.41, 5.74) is 4.91. The molecule has 0 spiro atoms. The van der Waals surface area contributed by atoms with E-state index in [0.29, 0.717) is 6.42 Å². The molecule has 0 bridgehead atoms. The Morgan fingerprint density at radius 2 is 2.00 bits per heavy atom. The molecule has 0 aliphatic heterocycles. The molecule has 17 heavy (non-hydrogen) atoms. The van der Waals surface area contributed by atoms with Crippen LogP contribution in [0.3, 0.4) is 0 Å². The highest BCUT2D eigenvalue weighted by atomic mass is 16.4. The molecule has 0 radical (unpaired) electrons. The standard InChI is InChI=1S/C10H19N3O4/c1-2-3-7(6-9(15)16)13-10(17)12-5-4-8(11)14/h7H,2-6H2,1H3,(H2,11,14)(H,15,16)(H2,12,13,17). The number of nitrogens with one attached hydrogen (secondary N) is 2. The minimum absolute atomic E-state index is 0.0603. The second kappa shape index (κ2) is 8.37. The molecular formula is C10H19N3O4. The topological polar surface area (TPSA) is 122 Å². The zero-order valence-electron chi connectivity index (χ0n) is 9.86. The first-order valence-corrected chi connectivity index (χ1v) is 5.50. The van der Waals surface area contributed by atoms with Crippen LogP contribution in [0.2, 0.25) is 0 Å². The number of carboxylic acid groups (broad SMARTS) is 1. The molecule has 0 heterocycles. The summed E-state index contributed by atoms with van der Waals surface area (Å²) < 4.78 is 0. The van der Waals surface area contributed by atoms with Crippen molar-refractivity contribution in [1.29, 1.82) is 0 Å². The maximum absolute atomic E-state index is 11.3. The van der Waals surface area contributed by atoms with Gasteiger partial charge in [0.2, 0.25) is 5.91 Å². The van der Waals surface area contributed by atoms with Gasteiger partial charge in [-0.2, -0.15) is 0 Å². The van der Waals surface area contributed by atoms with Crippen molar-refractivity contribution >= 4 is 17.9 Å². The molecular weight excluding hydrogens is 226 g/mol. The summed E-state index contributed by atoms with van der Waals surface area (Å²) in [4.78, 5) is 32.3. The van der Waals surface area contributed by atoms with E-state index in [9.17, 15) is 14.4 Å². The number of carbonyl (C=O) groups excluding carboxylic acids is 2. The fourth-order valence-electron chi connectivity index (χ4n) is 1.32. The van der Waals surface area contributed by atoms with Crippen molar-refractivity contribution in [1.82, 2.24) is 10.6 Å². The molecule has 7 heteroatoms. The minimum atomic E-state index is -0.958. The van der Waals surface area contributed by atoms with Gasteiger partial charge in [-0.15, -0.1) is 0 Å². The highest BCUT2D eigenvalue weighted by Crippen LogP contribution is 2.01. The van der Waals surface area contributed by atoms with Gasteiger partial charge in [-0.05, 0) is 6.42 Å². The van der Waals surface area contributed by atoms with Crippen LogP contribution in [0.25, 0.3) is 0 Å². The van der Waals surface area contributed by atoms with E-state index in [-0.39, 0.29) is 19.4 Å². The van der Waals surface area contributed by atoms with Gasteiger partial charge in [0, 0.05) is 19.0 Å². The predicted octanol–water partition coefficient (Wildman–Crippen LogP) is -0.196. The molecule has 98 valence electrons. The molecule has 0 aliphatic carbocycles. The molecule has 0 aromatic heterocycles. The Kier molecular flexibility index (Phi) is 7.49. The lowest BCUT2D eigenvalue weighted by molar-refractivity contribution is -0.137. The van der Waals surface area contributed by atoms with Crippen LogP contribution in [-0.4, -0.2) is 35.6 Å². The van der Waals surface area contributed by atoms with Crippen molar-refractivity contribution in [3.8, 4) is 0 Å². The highest BCUT2D eigenvalue weighted by Gasteiger charge is 2.14. The van der Waals surface area contributed by atoms with Crippen LogP contribution in [0.5, 0.6) is 0 Å². The zero-order chi connectivity index (χ0) is 13.3. The number of nitrogens with two attached hydrogens (primary N) is 1. The van der Waals surface area contributed by atoms with E-state index in [1.54, 1.807) is 0 Å². The lowest BCUT2D eigenvalue weighted by atomic mass is 10.1. The van der Waals surface area contributed by atoms with Gasteiger partial charge in [0.15, 0.2) is 0 Å². The third-order valence-electron chi connectivity index (χ3n) is 2.05. The summed E-state index contributed by atoms with van der Waals surface area (Å²) in [6, 6.07) is -0.878. The minimum Gasteiger partial charge on any atom is -0.481 e. The van der Waals surface area contributed by atoms with Crippen molar-refractivity contribution in [2.45, 2.75) is 38.6 Å². The molecule has 0 aliphatic rings. The third kappa shape index (κ3) is 9.16. The molecule has 0 saturated carbocycles. The summed E-state index contributed by atoms with van der Waals surface area (Å²) in [6.45, 7) is 2.05. The average molecular weight is 245 g/mol. The molecule has 0 fully saturated rings. The Balaban J connectivity index is 3.94. The number of hydrogen-bond donors (Lipinski definition) is 4. The Labute approximate surface area is 99.7 Å². The van der Waals surface area contributed by atoms with Crippen LogP contribution >= 0.6 is 0 Å². The van der Waals surface area contributed by atoms with Crippen molar-refractivity contribution in [2.24, 2.45) is 5.73 Å². The van der Waals surface area contributed by atoms with Crippen molar-refractivity contribution in [3.63, 3.8) is 0 Å². The van der Waals surface area contributed by atoms with Gasteiger partial charge in [0.1, 0.15) is 0 Å². The van der Waals surface area contributed by atoms with Crippen LogP contribution in [-0.2, 0) is 9.59 Å². The Morgan fingerprint density at radius 3 is 2.47 bits per heavy atom. The van der Waals surface area contributed by atoms with Crippen molar-refractivity contribution < 1.29 is 19.5 Å². The number of hydrogen-bond acceptors (Lipinski definition) is 3. The summed E-state index contributed by atoms with van der Waals surface area (Å²) in [5, 5.41) is 13.6. The highest BCUT2D eigenvalue weighted by molar-refractivity contribution is 5.77. The van der Waals surface area contributed by atoms with Gasteiger partial charge in [-0.3, -0.25) is 9.59 Å². The zero-order valence-corrected chi connectivity index (χ0v) is 9.86. The number of amides is 3. The molecule has 1 unspecified atom stereocenters. The summed E-state index contributed by atoms with van der Waals surface area (Å²) in [5.74, 6) is -1.46. The van der Waals surface area contributed by atoms with Gasteiger partial charge in [-0.1, -0.05) is 13.3 Å². The smallest absolute Gasteiger partial charge is 0.315 e. The lowest BCUT2D eigenvalue weighted by Gasteiger charge is -2.16. The maximum atomic E-state index is 11.3. The van der Waals surface area contributed by atoms with Gasteiger partial charge >= 0.3 is 12.0 Å². The summed E-state index contributed by atoms with van der Waals surface area (Å²) in [6.07, 6.45) is 1.32. The molecule has 0 aromatic rings. The molecule has 7 nitrogen and oxygen atoms in total. The number of carbonyl (C=O) groups is 3. The quantitative estimate of drug-likeness (QED) is 0.473. The van der Waals surface area contributed by atoms with Gasteiger partial charge < -0.3 is 21.5 Å². The first-order chi connectivity index (χ1) is 7.95. The van der Waals surface area contributed by atoms with Crippen LogP contribution in [0.4, 0.5) is 4.79 Å². The summed E-state index contributed by atoms with van der Waals surface area (Å²) in [7, 11) is 0. The van der Waals surface area contributed by atoms with E-state index >= 15 is 0 Å². The van der Waals surface area contributed by atoms with E-state index in [1.807, 2.05) is 6.92 Å². The Hall–Kier alpha value is -1.79. The maximum Gasteiger partial charge on any atom is 0.315 e. The largest absolute Gasteiger partial charge is 0.481 e. The predicted molar refractivity (Wildman–Crippen MR) is 61.3 cm³/mol. The second-order valence-corrected chi connectivity index (χ2v) is 3.70.